The fourth-order valence-corrected chi connectivity index (χ4v) is 6.75. The Morgan fingerprint density at radius 3 is 2.63 bits per heavy atom. The Morgan fingerprint density at radius 1 is 1.00 bits per heavy atom. The average Bonchev–Trinajstić information content (AvgIpc) is 3.80. The molecular weight excluding hydrogens is 581 g/mol. The first-order chi connectivity index (χ1) is 22.4. The molecule has 5 heterocycles. The average molecular weight is 622 g/mol. The van der Waals surface area contributed by atoms with E-state index in [0.29, 0.717) is 41.7 Å². The van der Waals surface area contributed by atoms with E-state index < -0.39 is 5.82 Å². The first-order valence-electron chi connectivity index (χ1n) is 16.2. The molecule has 0 unspecified atom stereocenters. The number of aromatic nitrogens is 5. The smallest absolute Gasteiger partial charge is 0.193 e. The van der Waals surface area contributed by atoms with Crippen LogP contribution in [-0.2, 0) is 19.6 Å². The van der Waals surface area contributed by atoms with Crippen LogP contribution < -0.4 is 10.3 Å². The highest BCUT2D eigenvalue weighted by Gasteiger charge is 2.30. The molecule has 1 N–H and O–H groups in total. The molecule has 46 heavy (non-hydrogen) atoms. The van der Waals surface area contributed by atoms with Gasteiger partial charge in [-0.05, 0) is 81.5 Å². The fourth-order valence-electron chi connectivity index (χ4n) is 6.75. The van der Waals surface area contributed by atoms with Gasteiger partial charge in [0.2, 0.25) is 0 Å². The summed E-state index contributed by atoms with van der Waals surface area (Å²) in [5.74, 6) is -0.452. The number of hydrogen-bond acceptors (Lipinski definition) is 7. The number of halogens is 1. The maximum atomic E-state index is 15.7. The van der Waals surface area contributed by atoms with Gasteiger partial charge in [-0.1, -0.05) is 0 Å². The molecule has 7 rings (SSSR count). The van der Waals surface area contributed by atoms with Gasteiger partial charge in [0.05, 0.1) is 36.7 Å². The number of aryl methyl sites for hydroxylation is 2. The largest absolute Gasteiger partial charge is 0.394 e. The summed E-state index contributed by atoms with van der Waals surface area (Å²) in [5.41, 5.74) is 6.56. The van der Waals surface area contributed by atoms with Crippen molar-refractivity contribution >= 4 is 16.6 Å². The molecule has 0 spiro atoms. The SMILES string of the molecule is Cc1ccc(N2CCC[C@H](N(Cc3ccnc(C)c3)Cc3cn(C4CC4)c4cc(-c5cnn(CCO)c5)c(F)cc4c3=O)C2)cn1. The molecule has 10 heteroatoms. The minimum absolute atomic E-state index is 0.0504. The maximum Gasteiger partial charge on any atom is 0.193 e. The lowest BCUT2D eigenvalue weighted by Crippen LogP contribution is -2.48. The number of benzene rings is 1. The van der Waals surface area contributed by atoms with Gasteiger partial charge >= 0.3 is 0 Å². The number of hydrogen-bond donors (Lipinski definition) is 1. The minimum atomic E-state index is -0.452. The van der Waals surface area contributed by atoms with Gasteiger partial charge in [0.25, 0.3) is 0 Å². The first-order valence-corrected chi connectivity index (χ1v) is 16.2. The third-order valence-corrected chi connectivity index (χ3v) is 9.30. The van der Waals surface area contributed by atoms with Crippen LogP contribution in [0.5, 0.6) is 0 Å². The van der Waals surface area contributed by atoms with E-state index in [1.165, 1.54) is 6.07 Å². The van der Waals surface area contributed by atoms with E-state index in [4.69, 9.17) is 0 Å². The summed E-state index contributed by atoms with van der Waals surface area (Å²) in [4.78, 5) is 27.9. The summed E-state index contributed by atoms with van der Waals surface area (Å²) in [6.45, 7) is 7.23. The number of fused-ring (bicyclic) bond motifs is 1. The number of piperidine rings is 1. The first kappa shape index (κ1) is 30.3. The summed E-state index contributed by atoms with van der Waals surface area (Å²) >= 11 is 0. The van der Waals surface area contributed by atoms with Crippen LogP contribution in [0.1, 0.15) is 54.2 Å². The standard InChI is InChI=1S/C36H40FN7O2/c1-24-5-6-30(18-39-24)41-11-3-4-31(23-41)42(19-26-9-10-38-25(2)14-26)20-28-22-44(29-7-8-29)35-16-32(34(37)15-33(35)36(28)46)27-17-40-43(21-27)12-13-45/h5-6,9-10,14-18,21-22,29,31,45H,3-4,7-8,11-13,19-20,23H2,1-2H3/t31-/m0/s1. The van der Waals surface area contributed by atoms with Crippen LogP contribution in [0.25, 0.3) is 22.0 Å². The molecule has 2 aliphatic rings. The van der Waals surface area contributed by atoms with Gasteiger partial charge in [-0.2, -0.15) is 5.10 Å². The normalized spacial score (nSPS) is 16.9. The number of anilines is 1. The van der Waals surface area contributed by atoms with Gasteiger partial charge in [0, 0.05) is 90.3 Å². The second kappa shape index (κ2) is 12.8. The third kappa shape index (κ3) is 6.32. The van der Waals surface area contributed by atoms with Crippen molar-refractivity contribution in [3.05, 3.63) is 106 Å². The molecule has 5 aromatic rings. The van der Waals surface area contributed by atoms with Crippen LogP contribution in [0, 0.1) is 19.7 Å². The number of aliphatic hydroxyl groups is 1. The van der Waals surface area contributed by atoms with Crippen LogP contribution in [0.3, 0.4) is 0 Å². The zero-order chi connectivity index (χ0) is 31.8. The molecule has 1 aliphatic carbocycles. The molecule has 1 atom stereocenters. The molecule has 2 fully saturated rings. The number of rotatable bonds is 10. The lowest BCUT2D eigenvalue weighted by atomic mass is 10.0. The number of aliphatic hydroxyl groups excluding tert-OH is 1. The van der Waals surface area contributed by atoms with Gasteiger partial charge in [-0.3, -0.25) is 24.3 Å². The molecule has 1 aromatic carbocycles. The topological polar surface area (TPSA) is 92.3 Å². The van der Waals surface area contributed by atoms with Crippen molar-refractivity contribution in [2.75, 3.05) is 24.6 Å². The van der Waals surface area contributed by atoms with Crippen molar-refractivity contribution < 1.29 is 9.50 Å². The molecule has 1 saturated heterocycles. The van der Waals surface area contributed by atoms with Gasteiger partial charge < -0.3 is 14.6 Å². The molecule has 4 aromatic heterocycles. The summed E-state index contributed by atoms with van der Waals surface area (Å²) in [7, 11) is 0. The predicted molar refractivity (Wildman–Crippen MR) is 177 cm³/mol. The second-order valence-corrected chi connectivity index (χ2v) is 12.8. The molecule has 1 saturated carbocycles. The van der Waals surface area contributed by atoms with Gasteiger partial charge in [0.1, 0.15) is 5.82 Å². The van der Waals surface area contributed by atoms with Gasteiger partial charge in [0.15, 0.2) is 5.43 Å². The van der Waals surface area contributed by atoms with Crippen LogP contribution in [0.2, 0.25) is 0 Å². The van der Waals surface area contributed by atoms with E-state index in [9.17, 15) is 9.90 Å². The van der Waals surface area contributed by atoms with E-state index in [1.807, 2.05) is 38.5 Å². The van der Waals surface area contributed by atoms with Crippen molar-refractivity contribution in [2.24, 2.45) is 0 Å². The van der Waals surface area contributed by atoms with Crippen molar-refractivity contribution in [2.45, 2.75) is 71.2 Å². The highest BCUT2D eigenvalue weighted by molar-refractivity contribution is 5.85. The van der Waals surface area contributed by atoms with Crippen LogP contribution >= 0.6 is 0 Å². The van der Waals surface area contributed by atoms with Crippen LogP contribution in [0.15, 0.2) is 72.2 Å². The third-order valence-electron chi connectivity index (χ3n) is 9.30. The Hall–Kier alpha value is -4.41. The monoisotopic (exact) mass is 621 g/mol. The van der Waals surface area contributed by atoms with Crippen molar-refractivity contribution in [3.63, 3.8) is 0 Å². The Balaban J connectivity index is 1.26. The fraction of sp³-hybridized carbons (Fsp3) is 0.389. The van der Waals surface area contributed by atoms with Crippen molar-refractivity contribution in [1.29, 1.82) is 0 Å². The Kier molecular flexibility index (Phi) is 8.40. The Morgan fingerprint density at radius 2 is 1.87 bits per heavy atom. The van der Waals surface area contributed by atoms with E-state index in [-0.39, 0.29) is 24.1 Å². The van der Waals surface area contributed by atoms with E-state index >= 15 is 4.39 Å². The molecule has 0 bridgehead atoms. The zero-order valence-corrected chi connectivity index (χ0v) is 26.4. The zero-order valence-electron chi connectivity index (χ0n) is 26.4. The van der Waals surface area contributed by atoms with Gasteiger partial charge in [-0.15, -0.1) is 0 Å². The Bertz CT molecular complexity index is 1910. The van der Waals surface area contributed by atoms with Crippen molar-refractivity contribution in [1.82, 2.24) is 29.2 Å². The minimum Gasteiger partial charge on any atom is -0.394 e. The molecule has 1 aliphatic heterocycles. The quantitative estimate of drug-likeness (QED) is 0.223. The van der Waals surface area contributed by atoms with Crippen LogP contribution in [0.4, 0.5) is 10.1 Å². The lowest BCUT2D eigenvalue weighted by molar-refractivity contribution is 0.158. The van der Waals surface area contributed by atoms with Gasteiger partial charge in [-0.25, -0.2) is 4.39 Å². The van der Waals surface area contributed by atoms with E-state index in [2.05, 4.69) is 47.6 Å². The molecular formula is C36H40FN7O2. The summed E-state index contributed by atoms with van der Waals surface area (Å²) in [5, 5.41) is 13.9. The lowest BCUT2D eigenvalue weighted by Gasteiger charge is -2.40. The molecule has 238 valence electrons. The highest BCUT2D eigenvalue weighted by atomic mass is 19.1. The predicted octanol–water partition coefficient (Wildman–Crippen LogP) is 5.41. The molecule has 9 nitrogen and oxygen atoms in total. The van der Waals surface area contributed by atoms with E-state index in [0.717, 1.165) is 66.9 Å². The number of pyridine rings is 3. The maximum absolute atomic E-state index is 15.7. The second-order valence-electron chi connectivity index (χ2n) is 12.8. The Labute approximate surface area is 267 Å². The summed E-state index contributed by atoms with van der Waals surface area (Å²) < 4.78 is 19.5. The molecule has 0 amide bonds. The molecule has 0 radical (unpaired) electrons. The summed E-state index contributed by atoms with van der Waals surface area (Å²) in [6, 6.07) is 12.0. The van der Waals surface area contributed by atoms with Crippen molar-refractivity contribution in [3.8, 4) is 11.1 Å². The number of nitrogens with zero attached hydrogens (tertiary/aromatic N) is 7. The van der Waals surface area contributed by atoms with E-state index in [1.54, 1.807) is 23.1 Å². The highest BCUT2D eigenvalue weighted by Crippen LogP contribution is 2.38. The van der Waals surface area contributed by atoms with Crippen LogP contribution in [-0.4, -0.2) is 60.1 Å². The summed E-state index contributed by atoms with van der Waals surface area (Å²) in [6.07, 6.45) is 13.3.